The molecule has 0 radical (unpaired) electrons. The van der Waals surface area contributed by atoms with Gasteiger partial charge in [-0.15, -0.1) is 0 Å². The van der Waals surface area contributed by atoms with Crippen molar-refractivity contribution in [1.82, 2.24) is 9.88 Å². The number of hydrogen-bond acceptors (Lipinski definition) is 4. The molecule has 0 bridgehead atoms. The van der Waals surface area contributed by atoms with Crippen LogP contribution in [0.4, 0.5) is 5.13 Å². The molecule has 4 nitrogen and oxygen atoms in total. The van der Waals surface area contributed by atoms with Crippen LogP contribution in [0.15, 0.2) is 48.5 Å². The standard InChI is InChI=1S/C23H29N3OS/c1-4-18-12-13-20-21(16-18)28-23(24-20)26(15-14-25(5-2)6-3)22(27)17-19-10-8-7-9-11-19/h7-13,16H,4-6,14-15,17H2,1-3H3. The normalized spacial score (nSPS) is 11.3. The molecule has 0 fully saturated rings. The van der Waals surface area contributed by atoms with Crippen molar-refractivity contribution in [1.29, 1.82) is 0 Å². The van der Waals surface area contributed by atoms with Gasteiger partial charge in [-0.3, -0.25) is 9.69 Å². The van der Waals surface area contributed by atoms with E-state index in [2.05, 4.69) is 43.9 Å². The van der Waals surface area contributed by atoms with Gasteiger partial charge in [0.05, 0.1) is 16.6 Å². The zero-order chi connectivity index (χ0) is 19.9. The Morgan fingerprint density at radius 2 is 1.71 bits per heavy atom. The predicted octanol–water partition coefficient (Wildman–Crippen LogP) is 4.78. The lowest BCUT2D eigenvalue weighted by Crippen LogP contribution is -2.39. The number of rotatable bonds is 9. The Hall–Kier alpha value is -2.24. The maximum absolute atomic E-state index is 13.2. The maximum Gasteiger partial charge on any atom is 0.233 e. The first-order chi connectivity index (χ1) is 13.6. The van der Waals surface area contributed by atoms with Gasteiger partial charge in [0.1, 0.15) is 0 Å². The van der Waals surface area contributed by atoms with Crippen molar-refractivity contribution in [2.45, 2.75) is 33.6 Å². The molecule has 1 amide bonds. The number of likely N-dealkylation sites (N-methyl/N-ethyl adjacent to an activating group) is 1. The number of carbonyl (C=O) groups excluding carboxylic acids is 1. The minimum atomic E-state index is 0.105. The van der Waals surface area contributed by atoms with E-state index in [0.717, 1.165) is 47.0 Å². The number of thiazole rings is 1. The summed E-state index contributed by atoms with van der Waals surface area (Å²) in [5.74, 6) is 0.105. The fourth-order valence-corrected chi connectivity index (χ4v) is 4.34. The summed E-state index contributed by atoms with van der Waals surface area (Å²) in [6.45, 7) is 9.95. The quantitative estimate of drug-likeness (QED) is 0.523. The third kappa shape index (κ3) is 4.97. The highest BCUT2D eigenvalue weighted by Crippen LogP contribution is 2.30. The number of amides is 1. The van der Waals surface area contributed by atoms with Crippen molar-refractivity contribution in [3.63, 3.8) is 0 Å². The molecule has 3 rings (SSSR count). The summed E-state index contributed by atoms with van der Waals surface area (Å²) in [4.78, 5) is 22.2. The van der Waals surface area contributed by atoms with E-state index in [9.17, 15) is 4.79 Å². The summed E-state index contributed by atoms with van der Waals surface area (Å²) in [5, 5.41) is 0.802. The summed E-state index contributed by atoms with van der Waals surface area (Å²) in [6.07, 6.45) is 1.40. The van der Waals surface area contributed by atoms with Gasteiger partial charge in [-0.1, -0.05) is 68.5 Å². The molecule has 0 unspecified atom stereocenters. The molecule has 148 valence electrons. The predicted molar refractivity (Wildman–Crippen MR) is 119 cm³/mol. The van der Waals surface area contributed by atoms with Gasteiger partial charge >= 0.3 is 0 Å². The van der Waals surface area contributed by atoms with Crippen LogP contribution in [0, 0.1) is 0 Å². The second-order valence-corrected chi connectivity index (χ2v) is 7.90. The Morgan fingerprint density at radius 1 is 0.964 bits per heavy atom. The zero-order valence-corrected chi connectivity index (χ0v) is 17.8. The van der Waals surface area contributed by atoms with E-state index in [4.69, 9.17) is 4.98 Å². The molecule has 1 heterocycles. The number of aromatic nitrogens is 1. The Kier molecular flexibility index (Phi) is 7.18. The van der Waals surface area contributed by atoms with Gasteiger partial charge in [0.15, 0.2) is 5.13 Å². The van der Waals surface area contributed by atoms with Crippen LogP contribution in [0.3, 0.4) is 0 Å². The molecule has 0 spiro atoms. The molecule has 0 N–H and O–H groups in total. The fraction of sp³-hybridized carbons (Fsp3) is 0.391. The highest BCUT2D eigenvalue weighted by molar-refractivity contribution is 7.22. The molecular formula is C23H29N3OS. The number of fused-ring (bicyclic) bond motifs is 1. The van der Waals surface area contributed by atoms with E-state index in [1.807, 2.05) is 35.2 Å². The number of aryl methyl sites for hydroxylation is 1. The van der Waals surface area contributed by atoms with Crippen molar-refractivity contribution in [2.24, 2.45) is 0 Å². The Balaban J connectivity index is 1.87. The van der Waals surface area contributed by atoms with E-state index in [1.54, 1.807) is 11.3 Å². The van der Waals surface area contributed by atoms with E-state index in [0.29, 0.717) is 13.0 Å². The highest BCUT2D eigenvalue weighted by atomic mass is 32.1. The smallest absolute Gasteiger partial charge is 0.233 e. The first kappa shape index (κ1) is 20.5. The Bertz CT molecular complexity index is 903. The lowest BCUT2D eigenvalue weighted by Gasteiger charge is -2.24. The van der Waals surface area contributed by atoms with E-state index in [1.165, 1.54) is 5.56 Å². The minimum absolute atomic E-state index is 0.105. The molecule has 0 aliphatic rings. The largest absolute Gasteiger partial charge is 0.302 e. The SMILES string of the molecule is CCc1ccc2nc(N(CCN(CC)CC)C(=O)Cc3ccccc3)sc2c1. The van der Waals surface area contributed by atoms with Gasteiger partial charge in [0, 0.05) is 13.1 Å². The molecule has 1 aromatic heterocycles. The van der Waals surface area contributed by atoms with Crippen molar-refractivity contribution < 1.29 is 4.79 Å². The van der Waals surface area contributed by atoms with Crippen LogP contribution < -0.4 is 4.90 Å². The Morgan fingerprint density at radius 3 is 2.39 bits per heavy atom. The van der Waals surface area contributed by atoms with E-state index in [-0.39, 0.29) is 5.91 Å². The van der Waals surface area contributed by atoms with Gasteiger partial charge < -0.3 is 4.90 Å². The lowest BCUT2D eigenvalue weighted by molar-refractivity contribution is -0.118. The monoisotopic (exact) mass is 395 g/mol. The summed E-state index contributed by atoms with van der Waals surface area (Å²) in [6, 6.07) is 16.3. The van der Waals surface area contributed by atoms with Gasteiger partial charge in [0.25, 0.3) is 0 Å². The summed E-state index contributed by atoms with van der Waals surface area (Å²) >= 11 is 1.62. The molecule has 5 heteroatoms. The van der Waals surface area contributed by atoms with Crippen LogP contribution in [0.5, 0.6) is 0 Å². The van der Waals surface area contributed by atoms with Crippen molar-refractivity contribution >= 4 is 32.6 Å². The first-order valence-corrected chi connectivity index (χ1v) is 10.9. The number of carbonyl (C=O) groups is 1. The molecule has 0 saturated carbocycles. The second-order valence-electron chi connectivity index (χ2n) is 6.89. The average Bonchev–Trinajstić information content (AvgIpc) is 3.14. The molecule has 2 aromatic carbocycles. The van der Waals surface area contributed by atoms with Crippen LogP contribution in [0.1, 0.15) is 31.9 Å². The summed E-state index contributed by atoms with van der Waals surface area (Å²) < 4.78 is 1.15. The third-order valence-corrected chi connectivity index (χ3v) is 6.16. The number of benzene rings is 2. The summed E-state index contributed by atoms with van der Waals surface area (Å²) in [5.41, 5.74) is 3.31. The van der Waals surface area contributed by atoms with Gasteiger partial charge in [-0.25, -0.2) is 4.98 Å². The molecule has 0 aliphatic heterocycles. The second kappa shape index (κ2) is 9.80. The van der Waals surface area contributed by atoms with Gasteiger partial charge in [-0.05, 0) is 42.8 Å². The van der Waals surface area contributed by atoms with Crippen molar-refractivity contribution in [3.05, 3.63) is 59.7 Å². The Labute approximate surface area is 171 Å². The summed E-state index contributed by atoms with van der Waals surface area (Å²) in [7, 11) is 0. The molecule has 0 saturated heterocycles. The minimum Gasteiger partial charge on any atom is -0.302 e. The molecule has 0 aliphatic carbocycles. The van der Waals surface area contributed by atoms with E-state index < -0.39 is 0 Å². The van der Waals surface area contributed by atoms with Crippen LogP contribution in [0.2, 0.25) is 0 Å². The van der Waals surface area contributed by atoms with Crippen LogP contribution in [0.25, 0.3) is 10.2 Å². The third-order valence-electron chi connectivity index (χ3n) is 5.11. The van der Waals surface area contributed by atoms with Crippen molar-refractivity contribution in [2.75, 3.05) is 31.1 Å². The fourth-order valence-electron chi connectivity index (χ4n) is 3.27. The van der Waals surface area contributed by atoms with Gasteiger partial charge in [-0.2, -0.15) is 0 Å². The number of anilines is 1. The van der Waals surface area contributed by atoms with Crippen LogP contribution in [-0.4, -0.2) is 42.0 Å². The van der Waals surface area contributed by atoms with E-state index >= 15 is 0 Å². The van der Waals surface area contributed by atoms with Crippen LogP contribution >= 0.6 is 11.3 Å². The average molecular weight is 396 g/mol. The number of nitrogens with zero attached hydrogens (tertiary/aromatic N) is 3. The molecular weight excluding hydrogens is 366 g/mol. The maximum atomic E-state index is 13.2. The first-order valence-electron chi connectivity index (χ1n) is 10.1. The molecule has 3 aromatic rings. The molecule has 28 heavy (non-hydrogen) atoms. The topological polar surface area (TPSA) is 36.4 Å². The zero-order valence-electron chi connectivity index (χ0n) is 17.0. The van der Waals surface area contributed by atoms with Crippen molar-refractivity contribution in [3.8, 4) is 0 Å². The van der Waals surface area contributed by atoms with Gasteiger partial charge in [0.2, 0.25) is 5.91 Å². The lowest BCUT2D eigenvalue weighted by atomic mass is 10.1. The highest BCUT2D eigenvalue weighted by Gasteiger charge is 2.20. The van der Waals surface area contributed by atoms with Crippen LogP contribution in [-0.2, 0) is 17.6 Å². The number of hydrogen-bond donors (Lipinski definition) is 0. The molecule has 0 atom stereocenters.